The molecule has 4 rings (SSSR count). The zero-order valence-electron chi connectivity index (χ0n) is 19.1. The molecule has 12 heteroatoms. The van der Waals surface area contributed by atoms with E-state index in [1.165, 1.54) is 40.0 Å². The molecule has 4 N–H and O–H groups in total. The Morgan fingerprint density at radius 3 is 2.60 bits per heavy atom. The van der Waals surface area contributed by atoms with Crippen molar-refractivity contribution < 1.29 is 23.8 Å². The van der Waals surface area contributed by atoms with Gasteiger partial charge in [-0.2, -0.15) is 10.4 Å². The number of carbonyl (C=O) groups is 2. The van der Waals surface area contributed by atoms with E-state index in [2.05, 4.69) is 21.4 Å². The molecule has 2 aromatic rings. The first kappa shape index (κ1) is 24.4. The predicted molar refractivity (Wildman–Crippen MR) is 124 cm³/mol. The number of nitrogens with zero attached hydrogens (tertiary/aromatic N) is 5. The number of amides is 2. The highest BCUT2D eigenvalue weighted by molar-refractivity contribution is 5.98. The summed E-state index contributed by atoms with van der Waals surface area (Å²) in [7, 11) is 0. The summed E-state index contributed by atoms with van der Waals surface area (Å²) in [6.45, 7) is 3.67. The number of likely N-dealkylation sites (tertiary alicyclic amines) is 1. The van der Waals surface area contributed by atoms with Gasteiger partial charge in [0.2, 0.25) is 0 Å². The summed E-state index contributed by atoms with van der Waals surface area (Å²) in [6, 6.07) is 6.87. The third kappa shape index (κ3) is 5.52. The summed E-state index contributed by atoms with van der Waals surface area (Å²) in [5.41, 5.74) is 6.20. The van der Waals surface area contributed by atoms with Gasteiger partial charge in [0.25, 0.3) is 5.91 Å². The second kappa shape index (κ2) is 10.7. The number of aromatic nitrogens is 2. The van der Waals surface area contributed by atoms with Crippen LogP contribution in [0, 0.1) is 23.1 Å². The van der Waals surface area contributed by atoms with E-state index >= 15 is 0 Å². The van der Waals surface area contributed by atoms with E-state index in [0.717, 1.165) is 13.1 Å². The molecule has 2 amide bonds. The molecular weight excluding hydrogens is 457 g/mol. The average Bonchev–Trinajstić information content (AvgIpc) is 3.28. The lowest BCUT2D eigenvalue weighted by Gasteiger charge is -2.42. The van der Waals surface area contributed by atoms with Crippen molar-refractivity contribution in [1.82, 2.24) is 19.6 Å². The van der Waals surface area contributed by atoms with Crippen LogP contribution in [0.4, 0.5) is 20.7 Å². The average molecular weight is 486 g/mol. The Morgan fingerprint density at radius 2 is 1.97 bits per heavy atom. The minimum absolute atomic E-state index is 0.122. The Hall–Kier alpha value is -3.69. The molecule has 2 aliphatic rings. The molecule has 2 saturated heterocycles. The van der Waals surface area contributed by atoms with Crippen LogP contribution in [0.5, 0.6) is 0 Å². The van der Waals surface area contributed by atoms with E-state index in [1.807, 2.05) is 0 Å². The number of carbonyl (C=O) groups excluding carboxylic acids is 1. The minimum atomic E-state index is -1.06. The van der Waals surface area contributed by atoms with Gasteiger partial charge in [0, 0.05) is 38.1 Å². The Balaban J connectivity index is 1.58. The summed E-state index contributed by atoms with van der Waals surface area (Å²) in [5.74, 6) is -1.60. The number of hydrogen-bond donors (Lipinski definition) is 3. The molecule has 1 aromatic heterocycles. The van der Waals surface area contributed by atoms with Crippen LogP contribution in [0.3, 0.4) is 0 Å². The van der Waals surface area contributed by atoms with Crippen molar-refractivity contribution in [1.29, 1.82) is 5.26 Å². The number of rotatable bonds is 7. The van der Waals surface area contributed by atoms with E-state index in [1.54, 1.807) is 0 Å². The molecule has 2 aliphatic heterocycles. The lowest BCUT2D eigenvalue weighted by atomic mass is 9.84. The maximum atomic E-state index is 13.3. The third-order valence-corrected chi connectivity index (χ3v) is 6.58. The molecule has 11 nitrogen and oxygen atoms in total. The van der Waals surface area contributed by atoms with Gasteiger partial charge in [-0.3, -0.25) is 14.4 Å². The largest absolute Gasteiger partial charge is 0.465 e. The van der Waals surface area contributed by atoms with Gasteiger partial charge in [-0.15, -0.1) is 0 Å². The van der Waals surface area contributed by atoms with Crippen molar-refractivity contribution in [2.75, 3.05) is 44.7 Å². The van der Waals surface area contributed by atoms with Crippen molar-refractivity contribution in [2.24, 2.45) is 11.7 Å². The summed E-state index contributed by atoms with van der Waals surface area (Å²) in [4.78, 5) is 27.6. The smallest absolute Gasteiger partial charge is 0.407 e. The van der Waals surface area contributed by atoms with E-state index < -0.39 is 35.8 Å². The Kier molecular flexibility index (Phi) is 7.48. The molecule has 0 saturated carbocycles. The number of primary amides is 1. The molecule has 3 unspecified atom stereocenters. The first-order valence-electron chi connectivity index (χ1n) is 11.5. The van der Waals surface area contributed by atoms with Gasteiger partial charge >= 0.3 is 6.09 Å². The topological polar surface area (TPSA) is 150 Å². The second-order valence-corrected chi connectivity index (χ2v) is 8.66. The maximum Gasteiger partial charge on any atom is 0.407 e. The lowest BCUT2D eigenvalue weighted by molar-refractivity contribution is 0.0233. The van der Waals surface area contributed by atoms with Crippen LogP contribution < -0.4 is 11.1 Å². The lowest BCUT2D eigenvalue weighted by Crippen LogP contribution is -2.52. The van der Waals surface area contributed by atoms with Crippen molar-refractivity contribution in [3.63, 3.8) is 0 Å². The number of hydrogen-bond acceptors (Lipinski definition) is 7. The Labute approximate surface area is 201 Å². The number of anilines is 2. The second-order valence-electron chi connectivity index (χ2n) is 8.66. The van der Waals surface area contributed by atoms with Crippen LogP contribution in [0.2, 0.25) is 0 Å². The number of piperidine rings is 1. The summed E-state index contributed by atoms with van der Waals surface area (Å²) >= 11 is 0. The fourth-order valence-corrected chi connectivity index (χ4v) is 4.75. The van der Waals surface area contributed by atoms with Crippen molar-refractivity contribution >= 4 is 23.5 Å². The Bertz CT molecular complexity index is 1090. The SMILES string of the molecule is N#CC1C(CCN2CCOCC2)N(C(=O)O)CCC1n1cc(C(N)=O)c(Nc2ccc(F)cc2)n1. The number of benzene rings is 1. The number of carboxylic acid groups (broad SMARTS) is 1. The highest BCUT2D eigenvalue weighted by Crippen LogP contribution is 2.35. The van der Waals surface area contributed by atoms with Crippen LogP contribution in [-0.2, 0) is 4.74 Å². The molecule has 0 spiro atoms. The quantitative estimate of drug-likeness (QED) is 0.539. The molecular formula is C23H28FN7O4. The van der Waals surface area contributed by atoms with E-state index in [4.69, 9.17) is 10.5 Å². The van der Waals surface area contributed by atoms with Gasteiger partial charge in [-0.25, -0.2) is 9.18 Å². The highest BCUT2D eigenvalue weighted by Gasteiger charge is 2.42. The zero-order valence-corrected chi connectivity index (χ0v) is 19.1. The van der Waals surface area contributed by atoms with Gasteiger partial charge in [0.15, 0.2) is 5.82 Å². The number of halogens is 1. The van der Waals surface area contributed by atoms with E-state index in [0.29, 0.717) is 38.3 Å². The van der Waals surface area contributed by atoms with Crippen LogP contribution in [0.15, 0.2) is 30.5 Å². The third-order valence-electron chi connectivity index (χ3n) is 6.58. The number of morpholine rings is 1. The molecule has 3 heterocycles. The zero-order chi connectivity index (χ0) is 24.9. The standard InChI is InChI=1S/C23H28FN7O4/c24-15-1-3-16(4-2-15)27-22-18(21(26)32)14-31(28-22)20-6-8-30(23(33)34)19(17(20)13-25)5-7-29-9-11-35-12-10-29/h1-4,14,17,19-20H,5-12H2,(H2,26,32)(H,27,28)(H,33,34). The van der Waals surface area contributed by atoms with Crippen LogP contribution in [0.25, 0.3) is 0 Å². The van der Waals surface area contributed by atoms with Crippen LogP contribution >= 0.6 is 0 Å². The molecule has 186 valence electrons. The molecule has 0 bridgehead atoms. The molecule has 0 radical (unpaired) electrons. The van der Waals surface area contributed by atoms with E-state index in [-0.39, 0.29) is 17.9 Å². The number of nitrogens with two attached hydrogens (primary N) is 1. The van der Waals surface area contributed by atoms with E-state index in [9.17, 15) is 24.3 Å². The number of nitrogens with one attached hydrogen (secondary N) is 1. The van der Waals surface area contributed by atoms with Gasteiger partial charge < -0.3 is 25.8 Å². The normalized spacial score (nSPS) is 23.0. The van der Waals surface area contributed by atoms with Crippen LogP contribution in [0.1, 0.15) is 29.2 Å². The van der Waals surface area contributed by atoms with Crippen molar-refractivity contribution in [3.8, 4) is 6.07 Å². The highest BCUT2D eigenvalue weighted by atomic mass is 19.1. The summed E-state index contributed by atoms with van der Waals surface area (Å²) < 4.78 is 20.2. The summed E-state index contributed by atoms with van der Waals surface area (Å²) in [6.07, 6.45) is 1.27. The first-order chi connectivity index (χ1) is 16.9. The van der Waals surface area contributed by atoms with Gasteiger partial charge in [-0.1, -0.05) is 0 Å². The van der Waals surface area contributed by atoms with Gasteiger partial charge in [0.05, 0.1) is 37.3 Å². The maximum absolute atomic E-state index is 13.3. The fourth-order valence-electron chi connectivity index (χ4n) is 4.75. The molecule has 1 aromatic carbocycles. The van der Waals surface area contributed by atoms with Crippen LogP contribution in [-0.4, -0.2) is 82.1 Å². The van der Waals surface area contributed by atoms with Crippen molar-refractivity contribution in [3.05, 3.63) is 41.8 Å². The molecule has 35 heavy (non-hydrogen) atoms. The number of nitriles is 1. The minimum Gasteiger partial charge on any atom is -0.465 e. The van der Waals surface area contributed by atoms with Crippen molar-refractivity contribution in [2.45, 2.75) is 24.9 Å². The molecule has 3 atom stereocenters. The fraction of sp³-hybridized carbons (Fsp3) is 0.478. The summed E-state index contributed by atoms with van der Waals surface area (Å²) in [5, 5.41) is 27.3. The first-order valence-corrected chi connectivity index (χ1v) is 11.5. The molecule has 2 fully saturated rings. The van der Waals surface area contributed by atoms with Gasteiger partial charge in [0.1, 0.15) is 11.4 Å². The predicted octanol–water partition coefficient (Wildman–Crippen LogP) is 2.02. The molecule has 0 aliphatic carbocycles. The Morgan fingerprint density at radius 1 is 1.26 bits per heavy atom. The number of ether oxygens (including phenoxy) is 1. The monoisotopic (exact) mass is 485 g/mol. The van der Waals surface area contributed by atoms with Gasteiger partial charge in [-0.05, 0) is 37.1 Å².